The number of rotatable bonds is 5. The Balaban J connectivity index is 2.43. The van der Waals surface area contributed by atoms with Crippen molar-refractivity contribution >= 4 is 5.91 Å². The highest BCUT2D eigenvalue weighted by Gasteiger charge is 2.12. The molecule has 1 amide bonds. The van der Waals surface area contributed by atoms with Gasteiger partial charge in [0.15, 0.2) is 0 Å². The molecule has 0 bridgehead atoms. The van der Waals surface area contributed by atoms with E-state index in [-0.39, 0.29) is 0 Å². The smallest absolute Gasteiger partial charge is 0.252 e. The van der Waals surface area contributed by atoms with Gasteiger partial charge >= 0.3 is 0 Å². The molecule has 2 N–H and O–H groups in total. The number of halogens is 1. The van der Waals surface area contributed by atoms with Crippen molar-refractivity contribution in [2.45, 2.75) is 20.3 Å². The van der Waals surface area contributed by atoms with Crippen LogP contribution in [0.2, 0.25) is 0 Å². The summed E-state index contributed by atoms with van der Waals surface area (Å²) >= 11 is 0. The summed E-state index contributed by atoms with van der Waals surface area (Å²) in [6, 6.07) is 6.81. The zero-order chi connectivity index (χ0) is 15.4. The lowest BCUT2D eigenvalue weighted by Crippen LogP contribution is -2.13. The van der Waals surface area contributed by atoms with Gasteiger partial charge in [-0.15, -0.1) is 0 Å². The first-order valence-corrected chi connectivity index (χ1v) is 6.72. The molecule has 0 aliphatic rings. The average Bonchev–Trinajstić information content (AvgIpc) is 2.47. The van der Waals surface area contributed by atoms with Gasteiger partial charge < -0.3 is 10.5 Å². The molecule has 0 saturated heterocycles. The molecule has 0 atom stereocenters. The second-order valence-corrected chi connectivity index (χ2v) is 4.76. The number of amides is 1. The fourth-order valence-electron chi connectivity index (χ4n) is 1.96. The summed E-state index contributed by atoms with van der Waals surface area (Å²) in [5, 5.41) is 0. The summed E-state index contributed by atoms with van der Waals surface area (Å²) in [5.41, 5.74) is 7.60. The zero-order valence-corrected chi connectivity index (χ0v) is 12.0. The molecule has 110 valence electrons. The Morgan fingerprint density at radius 1 is 1.33 bits per heavy atom. The molecule has 5 heteroatoms. The maximum atomic E-state index is 13.2. The first-order valence-electron chi connectivity index (χ1n) is 6.72. The predicted octanol–water partition coefficient (Wildman–Crippen LogP) is 3.08. The second kappa shape index (κ2) is 6.35. The van der Waals surface area contributed by atoms with Crippen molar-refractivity contribution in [2.24, 2.45) is 5.73 Å². The summed E-state index contributed by atoms with van der Waals surface area (Å²) in [5.74, 6) is -0.605. The molecule has 2 rings (SSSR count). The first kappa shape index (κ1) is 15.0. The molecule has 0 radical (unpaired) electrons. The van der Waals surface area contributed by atoms with Gasteiger partial charge in [0.05, 0.1) is 12.2 Å². The van der Waals surface area contributed by atoms with Gasteiger partial charge in [0.1, 0.15) is 5.75 Å². The molecule has 1 aromatic carbocycles. The summed E-state index contributed by atoms with van der Waals surface area (Å²) in [6.07, 6.45) is 2.26. The number of carbonyl (C=O) groups is 1. The molecule has 0 fully saturated rings. The van der Waals surface area contributed by atoms with E-state index < -0.39 is 11.9 Å². The van der Waals surface area contributed by atoms with Crippen molar-refractivity contribution in [1.82, 2.24) is 4.98 Å². The van der Waals surface area contributed by atoms with E-state index in [1.54, 1.807) is 31.2 Å². The van der Waals surface area contributed by atoms with Gasteiger partial charge in [-0.3, -0.25) is 4.79 Å². The van der Waals surface area contributed by atoms with Gasteiger partial charge in [-0.25, -0.2) is 4.98 Å². The fraction of sp³-hybridized carbons (Fsp3) is 0.250. The van der Waals surface area contributed by atoms with E-state index in [0.29, 0.717) is 23.5 Å². The third kappa shape index (κ3) is 3.37. The van der Waals surface area contributed by atoms with Gasteiger partial charge in [-0.05, 0) is 37.1 Å². The third-order valence-electron chi connectivity index (χ3n) is 3.05. The summed E-state index contributed by atoms with van der Waals surface area (Å²) < 4.78 is 18.7. The number of hydrogen-bond acceptors (Lipinski definition) is 3. The Kier molecular flexibility index (Phi) is 4.52. The molecular weight excluding hydrogens is 271 g/mol. The number of hydrogen-bond donors (Lipinski definition) is 1. The maximum Gasteiger partial charge on any atom is 0.252 e. The van der Waals surface area contributed by atoms with Crippen molar-refractivity contribution < 1.29 is 13.9 Å². The van der Waals surface area contributed by atoms with Gasteiger partial charge in [-0.2, -0.15) is 4.39 Å². The maximum absolute atomic E-state index is 13.2. The van der Waals surface area contributed by atoms with Crippen molar-refractivity contribution in [2.75, 3.05) is 6.61 Å². The topological polar surface area (TPSA) is 65.2 Å². The van der Waals surface area contributed by atoms with Gasteiger partial charge in [-0.1, -0.05) is 13.0 Å². The standard InChI is InChI=1S/C16H17FN2O2/c1-3-6-21-14-5-4-11(8-13(14)16(18)20)12-7-10(2)15(17)19-9-12/h4-5,7-9H,3,6H2,1-2H3,(H2,18,20). The third-order valence-corrected chi connectivity index (χ3v) is 3.05. The predicted molar refractivity (Wildman–Crippen MR) is 78.7 cm³/mol. The Labute approximate surface area is 122 Å². The van der Waals surface area contributed by atoms with Crippen LogP contribution in [-0.2, 0) is 0 Å². The van der Waals surface area contributed by atoms with E-state index in [1.165, 1.54) is 6.20 Å². The van der Waals surface area contributed by atoms with Crippen LogP contribution in [0.4, 0.5) is 4.39 Å². The van der Waals surface area contributed by atoms with Gasteiger partial charge in [0.2, 0.25) is 5.95 Å². The minimum atomic E-state index is -0.560. The van der Waals surface area contributed by atoms with Gasteiger partial charge in [0, 0.05) is 17.3 Å². The lowest BCUT2D eigenvalue weighted by atomic mass is 10.0. The lowest BCUT2D eigenvalue weighted by molar-refractivity contribution is 0.0996. The quantitative estimate of drug-likeness (QED) is 0.860. The molecule has 0 spiro atoms. The van der Waals surface area contributed by atoms with Crippen LogP contribution >= 0.6 is 0 Å². The van der Waals surface area contributed by atoms with Crippen molar-refractivity contribution in [1.29, 1.82) is 0 Å². The number of aromatic nitrogens is 1. The largest absolute Gasteiger partial charge is 0.493 e. The molecule has 4 nitrogen and oxygen atoms in total. The molecular formula is C16H17FN2O2. The molecule has 2 aromatic rings. The van der Waals surface area contributed by atoms with E-state index in [4.69, 9.17) is 10.5 Å². The monoisotopic (exact) mass is 288 g/mol. The molecule has 1 heterocycles. The SMILES string of the molecule is CCCOc1ccc(-c2cnc(F)c(C)c2)cc1C(N)=O. The molecule has 1 aromatic heterocycles. The number of nitrogens with zero attached hydrogens (tertiary/aromatic N) is 1. The summed E-state index contributed by atoms with van der Waals surface area (Å²) in [6.45, 7) is 4.13. The first-order chi connectivity index (χ1) is 10.0. The second-order valence-electron chi connectivity index (χ2n) is 4.76. The Morgan fingerprint density at radius 3 is 2.71 bits per heavy atom. The van der Waals surface area contributed by atoms with Crippen LogP contribution < -0.4 is 10.5 Å². The zero-order valence-electron chi connectivity index (χ0n) is 12.0. The number of carbonyl (C=O) groups excluding carboxylic acids is 1. The normalized spacial score (nSPS) is 10.4. The highest BCUT2D eigenvalue weighted by molar-refractivity contribution is 5.97. The van der Waals surface area contributed by atoms with Crippen LogP contribution in [0.25, 0.3) is 11.1 Å². The van der Waals surface area contributed by atoms with Crippen LogP contribution in [0.5, 0.6) is 5.75 Å². The van der Waals surface area contributed by atoms with Crippen LogP contribution in [-0.4, -0.2) is 17.5 Å². The Bertz CT molecular complexity index is 671. The number of ether oxygens (including phenoxy) is 1. The summed E-state index contributed by atoms with van der Waals surface area (Å²) in [4.78, 5) is 15.2. The minimum absolute atomic E-state index is 0.308. The fourth-order valence-corrected chi connectivity index (χ4v) is 1.96. The molecule has 0 aliphatic carbocycles. The lowest BCUT2D eigenvalue weighted by Gasteiger charge is -2.11. The number of nitrogens with two attached hydrogens (primary N) is 1. The highest BCUT2D eigenvalue weighted by atomic mass is 19.1. The molecule has 0 aliphatic heterocycles. The van der Waals surface area contributed by atoms with Crippen molar-refractivity contribution in [3.63, 3.8) is 0 Å². The van der Waals surface area contributed by atoms with E-state index >= 15 is 0 Å². The Hall–Kier alpha value is -2.43. The van der Waals surface area contributed by atoms with Crippen LogP contribution in [0.15, 0.2) is 30.5 Å². The Morgan fingerprint density at radius 2 is 2.10 bits per heavy atom. The average molecular weight is 288 g/mol. The van der Waals surface area contributed by atoms with E-state index in [9.17, 15) is 9.18 Å². The molecule has 21 heavy (non-hydrogen) atoms. The van der Waals surface area contributed by atoms with Crippen molar-refractivity contribution in [3.8, 4) is 16.9 Å². The van der Waals surface area contributed by atoms with E-state index in [1.807, 2.05) is 6.92 Å². The minimum Gasteiger partial charge on any atom is -0.493 e. The van der Waals surface area contributed by atoms with E-state index in [2.05, 4.69) is 4.98 Å². The number of pyridine rings is 1. The number of primary amides is 1. The van der Waals surface area contributed by atoms with Crippen LogP contribution in [0.3, 0.4) is 0 Å². The summed E-state index contributed by atoms with van der Waals surface area (Å²) in [7, 11) is 0. The number of benzene rings is 1. The molecule has 0 saturated carbocycles. The van der Waals surface area contributed by atoms with Gasteiger partial charge in [0.25, 0.3) is 5.91 Å². The van der Waals surface area contributed by atoms with Crippen LogP contribution in [0.1, 0.15) is 29.3 Å². The van der Waals surface area contributed by atoms with Crippen LogP contribution in [0, 0.1) is 12.9 Å². The number of aryl methyl sites for hydroxylation is 1. The van der Waals surface area contributed by atoms with Crippen molar-refractivity contribution in [3.05, 3.63) is 47.5 Å². The highest BCUT2D eigenvalue weighted by Crippen LogP contribution is 2.27. The molecule has 0 unspecified atom stereocenters. The van der Waals surface area contributed by atoms with E-state index in [0.717, 1.165) is 17.5 Å².